The number of hydrogen-bond acceptors (Lipinski definition) is 4. The van der Waals surface area contributed by atoms with Gasteiger partial charge in [-0.1, -0.05) is 12.1 Å². The minimum absolute atomic E-state index is 0.00275. The van der Waals surface area contributed by atoms with E-state index in [4.69, 9.17) is 10.2 Å². The molecule has 1 aliphatic heterocycles. The maximum atomic E-state index is 13.5. The number of nitrogens with two attached hydrogens (primary N) is 1. The molecule has 0 unspecified atom stereocenters. The summed E-state index contributed by atoms with van der Waals surface area (Å²) in [6.07, 6.45) is -4.57. The van der Waals surface area contributed by atoms with Crippen molar-refractivity contribution in [3.63, 3.8) is 0 Å². The van der Waals surface area contributed by atoms with Crippen LogP contribution < -0.4 is 5.73 Å². The molecular weight excluding hydrogens is 399 g/mol. The number of alkyl halides is 5. The first-order chi connectivity index (χ1) is 13.1. The largest absolute Gasteiger partial charge is 0.459 e. The predicted molar refractivity (Wildman–Crippen MR) is 96.9 cm³/mol. The average molecular weight is 414 g/mol. The van der Waals surface area contributed by atoms with Crippen molar-refractivity contribution in [2.45, 2.75) is 23.5 Å². The van der Waals surface area contributed by atoms with E-state index in [1.807, 2.05) is 0 Å². The lowest BCUT2D eigenvalue weighted by Gasteiger charge is -2.37. The second kappa shape index (κ2) is 6.75. The fourth-order valence-corrected chi connectivity index (χ4v) is 4.14. The number of benzene rings is 2. The van der Waals surface area contributed by atoms with Gasteiger partial charge in [-0.15, -0.1) is 0 Å². The molecule has 3 aromatic rings. The van der Waals surface area contributed by atoms with Gasteiger partial charge in [0.05, 0.1) is 25.2 Å². The van der Waals surface area contributed by atoms with Gasteiger partial charge in [0, 0.05) is 10.3 Å². The molecule has 9 heteroatoms. The van der Waals surface area contributed by atoms with E-state index in [-0.39, 0.29) is 31.0 Å². The number of furan rings is 1. The summed E-state index contributed by atoms with van der Waals surface area (Å²) in [5.41, 5.74) is 5.36. The van der Waals surface area contributed by atoms with Crippen molar-refractivity contribution < 1.29 is 26.4 Å². The Bertz CT molecular complexity index is 1010. The summed E-state index contributed by atoms with van der Waals surface area (Å²) < 4.78 is 73.0. The number of nitrogens with zero attached hydrogens (tertiary/aromatic N) is 1. The normalized spacial score (nSPS) is 17.1. The molecule has 0 spiro atoms. The summed E-state index contributed by atoms with van der Waals surface area (Å²) in [5.74, 6) is -2.38. The molecule has 0 radical (unpaired) electrons. The van der Waals surface area contributed by atoms with E-state index in [1.165, 1.54) is 22.3 Å². The molecule has 3 nitrogen and oxygen atoms in total. The van der Waals surface area contributed by atoms with Crippen LogP contribution in [0.2, 0.25) is 0 Å². The molecular formula is C19H15F5N2OS. The van der Waals surface area contributed by atoms with Crippen molar-refractivity contribution in [3.8, 4) is 11.1 Å². The second-order valence-corrected chi connectivity index (χ2v) is 7.80. The monoisotopic (exact) mass is 414 g/mol. The third-order valence-corrected chi connectivity index (χ3v) is 5.41. The molecule has 2 heterocycles. The quantitative estimate of drug-likeness (QED) is 0.450. The summed E-state index contributed by atoms with van der Waals surface area (Å²) in [5, 5.41) is 0.325. The molecule has 1 fully saturated rings. The zero-order valence-electron chi connectivity index (χ0n) is 14.4. The SMILES string of the molecule is NCc1cc2cc(-c3ccc(SN4CC(F)(F)C4)cc3)cc(C(F)(F)F)c2o1. The van der Waals surface area contributed by atoms with Gasteiger partial charge >= 0.3 is 6.18 Å². The molecule has 0 saturated carbocycles. The molecule has 1 saturated heterocycles. The Balaban J connectivity index is 1.65. The van der Waals surface area contributed by atoms with Gasteiger partial charge in [-0.05, 0) is 53.4 Å². The van der Waals surface area contributed by atoms with Crippen molar-refractivity contribution in [3.05, 3.63) is 53.8 Å². The van der Waals surface area contributed by atoms with Crippen LogP contribution in [0, 0.1) is 0 Å². The molecule has 0 bridgehead atoms. The van der Waals surface area contributed by atoms with Crippen LogP contribution in [0.1, 0.15) is 11.3 Å². The van der Waals surface area contributed by atoms with Crippen molar-refractivity contribution >= 4 is 22.9 Å². The van der Waals surface area contributed by atoms with Crippen LogP contribution in [0.25, 0.3) is 22.1 Å². The van der Waals surface area contributed by atoms with Crippen LogP contribution in [-0.4, -0.2) is 23.3 Å². The third-order valence-electron chi connectivity index (χ3n) is 4.41. The van der Waals surface area contributed by atoms with Crippen molar-refractivity contribution in [1.82, 2.24) is 4.31 Å². The molecule has 1 aliphatic rings. The molecule has 0 amide bonds. The lowest BCUT2D eigenvalue weighted by Crippen LogP contribution is -2.52. The van der Waals surface area contributed by atoms with Gasteiger partial charge in [0.1, 0.15) is 11.3 Å². The van der Waals surface area contributed by atoms with E-state index in [0.29, 0.717) is 16.5 Å². The van der Waals surface area contributed by atoms with Gasteiger partial charge in [-0.3, -0.25) is 0 Å². The summed E-state index contributed by atoms with van der Waals surface area (Å²) in [6, 6.07) is 10.9. The minimum atomic E-state index is -4.57. The topological polar surface area (TPSA) is 42.4 Å². The summed E-state index contributed by atoms with van der Waals surface area (Å²) in [6.45, 7) is -0.618. The highest BCUT2D eigenvalue weighted by molar-refractivity contribution is 7.97. The first kappa shape index (κ1) is 19.2. The van der Waals surface area contributed by atoms with Crippen molar-refractivity contribution in [2.75, 3.05) is 13.1 Å². The Labute approximate surface area is 161 Å². The van der Waals surface area contributed by atoms with E-state index in [9.17, 15) is 22.0 Å². The Morgan fingerprint density at radius 3 is 2.29 bits per heavy atom. The Hall–Kier alpha value is -2.10. The molecule has 28 heavy (non-hydrogen) atoms. The molecule has 2 N–H and O–H groups in total. The predicted octanol–water partition coefficient (Wildman–Crippen LogP) is 5.54. The van der Waals surface area contributed by atoms with Gasteiger partial charge < -0.3 is 10.2 Å². The molecule has 148 valence electrons. The van der Waals surface area contributed by atoms with Gasteiger partial charge in [-0.2, -0.15) is 13.2 Å². The van der Waals surface area contributed by atoms with Gasteiger partial charge in [-0.25, -0.2) is 13.1 Å². The zero-order valence-corrected chi connectivity index (χ0v) is 15.2. The lowest BCUT2D eigenvalue weighted by molar-refractivity contribution is -0.136. The maximum Gasteiger partial charge on any atom is 0.420 e. The Morgan fingerprint density at radius 2 is 1.71 bits per heavy atom. The molecule has 0 atom stereocenters. The van der Waals surface area contributed by atoms with Gasteiger partial charge in [0.15, 0.2) is 0 Å². The molecule has 1 aromatic heterocycles. The number of rotatable bonds is 4. The van der Waals surface area contributed by atoms with E-state index < -0.39 is 17.7 Å². The van der Waals surface area contributed by atoms with E-state index in [1.54, 1.807) is 30.3 Å². The highest BCUT2D eigenvalue weighted by Crippen LogP contribution is 2.40. The van der Waals surface area contributed by atoms with E-state index >= 15 is 0 Å². The maximum absolute atomic E-state index is 13.5. The van der Waals surface area contributed by atoms with Gasteiger partial charge in [0.25, 0.3) is 5.92 Å². The van der Waals surface area contributed by atoms with Crippen LogP contribution in [0.15, 0.2) is 51.8 Å². The standard InChI is InChI=1S/C19H15F5N2OS/c20-18(21)9-26(10-18)28-15-3-1-11(2-4-15)12-5-13-6-14(8-25)27-17(13)16(7-12)19(22,23)24/h1-7H,8-10,25H2. The van der Waals surface area contributed by atoms with E-state index in [0.717, 1.165) is 11.0 Å². The second-order valence-electron chi connectivity index (χ2n) is 6.63. The summed E-state index contributed by atoms with van der Waals surface area (Å²) >= 11 is 1.20. The highest BCUT2D eigenvalue weighted by atomic mass is 32.2. The van der Waals surface area contributed by atoms with Crippen LogP contribution in [0.4, 0.5) is 22.0 Å². The third kappa shape index (κ3) is 3.74. The summed E-state index contributed by atoms with van der Waals surface area (Å²) in [7, 11) is 0. The summed E-state index contributed by atoms with van der Waals surface area (Å²) in [4.78, 5) is 0.741. The van der Waals surface area contributed by atoms with Crippen LogP contribution in [-0.2, 0) is 12.7 Å². The number of halogens is 5. The zero-order chi connectivity index (χ0) is 20.1. The first-order valence-corrected chi connectivity index (χ1v) is 9.17. The van der Waals surface area contributed by atoms with Crippen LogP contribution in [0.3, 0.4) is 0 Å². The fourth-order valence-electron chi connectivity index (χ4n) is 3.08. The van der Waals surface area contributed by atoms with Crippen molar-refractivity contribution in [2.24, 2.45) is 5.73 Å². The highest BCUT2D eigenvalue weighted by Gasteiger charge is 2.44. The fraction of sp³-hybridized carbons (Fsp3) is 0.263. The van der Waals surface area contributed by atoms with Gasteiger partial charge in [0.2, 0.25) is 0 Å². The van der Waals surface area contributed by atoms with Crippen molar-refractivity contribution in [1.29, 1.82) is 0 Å². The number of fused-ring (bicyclic) bond motifs is 1. The van der Waals surface area contributed by atoms with E-state index in [2.05, 4.69) is 0 Å². The molecule has 4 rings (SSSR count). The average Bonchev–Trinajstić information content (AvgIpc) is 3.02. The molecule has 2 aromatic carbocycles. The smallest absolute Gasteiger partial charge is 0.420 e. The lowest BCUT2D eigenvalue weighted by atomic mass is 10.0. The number of hydrogen-bond donors (Lipinski definition) is 1. The first-order valence-electron chi connectivity index (χ1n) is 8.39. The Morgan fingerprint density at radius 1 is 1.04 bits per heavy atom. The van der Waals surface area contributed by atoms with Crippen LogP contribution >= 0.6 is 11.9 Å². The Kier molecular flexibility index (Phi) is 4.64. The van der Waals surface area contributed by atoms with Crippen LogP contribution in [0.5, 0.6) is 0 Å². The minimum Gasteiger partial charge on any atom is -0.459 e. The molecule has 0 aliphatic carbocycles.